The molecule has 0 aliphatic carbocycles. The van der Waals surface area contributed by atoms with Crippen LogP contribution in [0.5, 0.6) is 11.5 Å². The van der Waals surface area contributed by atoms with Crippen LogP contribution in [0, 0.1) is 11.8 Å². The summed E-state index contributed by atoms with van der Waals surface area (Å²) in [6.45, 7) is 6.12. The molecule has 0 spiro atoms. The molecule has 0 saturated carbocycles. The summed E-state index contributed by atoms with van der Waals surface area (Å²) in [4.78, 5) is 0. The Kier molecular flexibility index (Phi) is 7.39. The van der Waals surface area contributed by atoms with Crippen molar-refractivity contribution in [2.45, 2.75) is 26.8 Å². The highest BCUT2D eigenvalue weighted by atomic mass is 79.9. The Morgan fingerprint density at radius 2 is 2.16 bits per heavy atom. The van der Waals surface area contributed by atoms with Crippen LogP contribution in [0.15, 0.2) is 16.6 Å². The highest BCUT2D eigenvalue weighted by Gasteiger charge is 2.11. The number of hydrogen-bond donors (Lipinski definition) is 1. The van der Waals surface area contributed by atoms with E-state index < -0.39 is 0 Å². The predicted octanol–water partition coefficient (Wildman–Crippen LogP) is 3.36. The van der Waals surface area contributed by atoms with Gasteiger partial charge in [-0.15, -0.1) is 5.92 Å². The predicted molar refractivity (Wildman–Crippen MR) is 81.6 cm³/mol. The van der Waals surface area contributed by atoms with Crippen LogP contribution in [-0.4, -0.2) is 20.3 Å². The van der Waals surface area contributed by atoms with E-state index in [1.165, 1.54) is 0 Å². The molecule has 0 bridgehead atoms. The highest BCUT2D eigenvalue weighted by molar-refractivity contribution is 9.10. The first-order valence-electron chi connectivity index (χ1n) is 6.32. The molecular weight excluding hydrogens is 306 g/mol. The van der Waals surface area contributed by atoms with E-state index >= 15 is 0 Å². The topological polar surface area (TPSA) is 30.5 Å². The molecule has 1 N–H and O–H groups in total. The molecule has 1 aromatic carbocycles. The Balaban J connectivity index is 2.83. The summed E-state index contributed by atoms with van der Waals surface area (Å²) < 4.78 is 11.9. The van der Waals surface area contributed by atoms with Crippen LogP contribution in [0.2, 0.25) is 0 Å². The van der Waals surface area contributed by atoms with Crippen molar-refractivity contribution >= 4 is 15.9 Å². The van der Waals surface area contributed by atoms with Crippen molar-refractivity contribution in [3.8, 4) is 23.3 Å². The van der Waals surface area contributed by atoms with Crippen LogP contribution in [-0.2, 0) is 6.54 Å². The maximum atomic E-state index is 5.61. The van der Waals surface area contributed by atoms with Gasteiger partial charge in [-0.1, -0.05) is 12.8 Å². The minimum Gasteiger partial charge on any atom is -0.493 e. The Morgan fingerprint density at radius 3 is 2.79 bits per heavy atom. The number of nitrogens with one attached hydrogen (secondary N) is 1. The summed E-state index contributed by atoms with van der Waals surface area (Å²) >= 11 is 3.52. The van der Waals surface area contributed by atoms with Gasteiger partial charge in [-0.3, -0.25) is 0 Å². The minimum atomic E-state index is 0.360. The van der Waals surface area contributed by atoms with Gasteiger partial charge in [-0.05, 0) is 53.5 Å². The number of halogens is 1. The number of ether oxygens (including phenoxy) is 2. The zero-order valence-electron chi connectivity index (χ0n) is 11.7. The molecule has 0 amide bonds. The molecule has 4 heteroatoms. The van der Waals surface area contributed by atoms with Crippen LogP contribution in [0.3, 0.4) is 0 Å². The molecule has 0 radical (unpaired) electrons. The molecule has 104 valence electrons. The van der Waals surface area contributed by atoms with E-state index in [0.717, 1.165) is 35.3 Å². The molecule has 1 rings (SSSR count). The molecule has 1 aromatic rings. The molecule has 0 aromatic heterocycles. The largest absolute Gasteiger partial charge is 0.493 e. The van der Waals surface area contributed by atoms with E-state index in [1.54, 1.807) is 14.0 Å². The van der Waals surface area contributed by atoms with Crippen LogP contribution in [0.1, 0.15) is 25.8 Å². The van der Waals surface area contributed by atoms with Gasteiger partial charge in [0.15, 0.2) is 11.5 Å². The van der Waals surface area contributed by atoms with E-state index in [9.17, 15) is 0 Å². The van der Waals surface area contributed by atoms with Gasteiger partial charge >= 0.3 is 0 Å². The van der Waals surface area contributed by atoms with Gasteiger partial charge in [0.05, 0.1) is 11.6 Å². The maximum Gasteiger partial charge on any atom is 0.176 e. The van der Waals surface area contributed by atoms with Crippen LogP contribution in [0.25, 0.3) is 0 Å². The Morgan fingerprint density at radius 1 is 1.37 bits per heavy atom. The Hall–Kier alpha value is -1.18. The lowest BCUT2D eigenvalue weighted by Crippen LogP contribution is -2.14. The monoisotopic (exact) mass is 325 g/mol. The molecule has 3 nitrogen and oxygen atoms in total. The van der Waals surface area contributed by atoms with Gasteiger partial charge in [0, 0.05) is 6.54 Å². The van der Waals surface area contributed by atoms with Crippen molar-refractivity contribution < 1.29 is 9.47 Å². The summed E-state index contributed by atoms with van der Waals surface area (Å²) in [5, 5.41) is 3.36. The number of benzene rings is 1. The summed E-state index contributed by atoms with van der Waals surface area (Å²) in [6.07, 6.45) is 1.12. The van der Waals surface area contributed by atoms with Crippen molar-refractivity contribution in [3.63, 3.8) is 0 Å². The van der Waals surface area contributed by atoms with Crippen molar-refractivity contribution in [2.24, 2.45) is 0 Å². The summed E-state index contributed by atoms with van der Waals surface area (Å²) in [6, 6.07) is 4.03. The fourth-order valence-corrected chi connectivity index (χ4v) is 2.21. The third-order valence-electron chi connectivity index (χ3n) is 2.51. The third kappa shape index (κ3) is 5.14. The first-order valence-corrected chi connectivity index (χ1v) is 7.11. The second kappa shape index (κ2) is 8.84. The zero-order chi connectivity index (χ0) is 14.1. The van der Waals surface area contributed by atoms with Gasteiger partial charge in [0.1, 0.15) is 6.61 Å². The van der Waals surface area contributed by atoms with Gasteiger partial charge in [0.2, 0.25) is 0 Å². The number of rotatable bonds is 7. The lowest BCUT2D eigenvalue weighted by molar-refractivity contribution is 0.328. The summed E-state index contributed by atoms with van der Waals surface area (Å²) in [7, 11) is 1.64. The molecule has 0 saturated heterocycles. The molecule has 0 unspecified atom stereocenters. The van der Waals surface area contributed by atoms with Gasteiger partial charge in [0.25, 0.3) is 0 Å². The third-order valence-corrected chi connectivity index (χ3v) is 3.10. The highest BCUT2D eigenvalue weighted by Crippen LogP contribution is 2.36. The molecule has 0 heterocycles. The van der Waals surface area contributed by atoms with Gasteiger partial charge in [-0.25, -0.2) is 0 Å². The van der Waals surface area contributed by atoms with E-state index in [2.05, 4.69) is 40.0 Å². The fraction of sp³-hybridized carbons (Fsp3) is 0.467. The second-order valence-corrected chi connectivity index (χ2v) is 4.86. The van der Waals surface area contributed by atoms with Gasteiger partial charge in [-0.2, -0.15) is 0 Å². The van der Waals surface area contributed by atoms with Crippen molar-refractivity contribution in [1.29, 1.82) is 0 Å². The molecule has 0 atom stereocenters. The maximum absolute atomic E-state index is 5.61. The van der Waals surface area contributed by atoms with Crippen LogP contribution < -0.4 is 14.8 Å². The summed E-state index contributed by atoms with van der Waals surface area (Å²) in [5.74, 6) is 7.09. The summed E-state index contributed by atoms with van der Waals surface area (Å²) in [5.41, 5.74) is 1.16. The van der Waals surface area contributed by atoms with E-state index in [-0.39, 0.29) is 0 Å². The lowest BCUT2D eigenvalue weighted by atomic mass is 10.2. The minimum absolute atomic E-state index is 0.360. The SMILES string of the molecule is CC#CCOc1c(Br)cc(CNCCC)cc1OC. The molecule has 0 aliphatic rings. The lowest BCUT2D eigenvalue weighted by Gasteiger charge is -2.13. The number of methoxy groups -OCH3 is 1. The molecule has 0 aliphatic heterocycles. The Bertz CT molecular complexity index is 463. The first kappa shape index (κ1) is 15.9. The van der Waals surface area contributed by atoms with E-state index in [0.29, 0.717) is 12.4 Å². The quantitative estimate of drug-likeness (QED) is 0.616. The fourth-order valence-electron chi connectivity index (χ4n) is 1.61. The van der Waals surface area contributed by atoms with Crippen molar-refractivity contribution in [2.75, 3.05) is 20.3 Å². The second-order valence-electron chi connectivity index (χ2n) is 4.00. The normalized spacial score (nSPS) is 9.68. The molecular formula is C15H20BrNO2. The van der Waals surface area contributed by atoms with Crippen molar-refractivity contribution in [3.05, 3.63) is 22.2 Å². The smallest absolute Gasteiger partial charge is 0.176 e. The molecule has 0 fully saturated rings. The zero-order valence-corrected chi connectivity index (χ0v) is 13.3. The first-order chi connectivity index (χ1) is 9.22. The van der Waals surface area contributed by atoms with Gasteiger partial charge < -0.3 is 14.8 Å². The average Bonchev–Trinajstić information content (AvgIpc) is 2.41. The van der Waals surface area contributed by atoms with E-state index in [1.807, 2.05) is 12.1 Å². The molecule has 19 heavy (non-hydrogen) atoms. The number of hydrogen-bond acceptors (Lipinski definition) is 3. The average molecular weight is 326 g/mol. The van der Waals surface area contributed by atoms with Crippen molar-refractivity contribution in [1.82, 2.24) is 5.32 Å². The van der Waals surface area contributed by atoms with Crippen LogP contribution >= 0.6 is 15.9 Å². The van der Waals surface area contributed by atoms with Crippen LogP contribution in [0.4, 0.5) is 0 Å². The Labute approximate surface area is 123 Å². The standard InChI is InChI=1S/C15H20BrNO2/c1-4-6-8-19-15-13(16)9-12(10-14(15)18-3)11-17-7-5-2/h9-10,17H,5,7-8,11H2,1-3H3. The van der Waals surface area contributed by atoms with E-state index in [4.69, 9.17) is 9.47 Å².